The van der Waals surface area contributed by atoms with Crippen LogP contribution in [-0.4, -0.2) is 65.8 Å². The molecule has 2 fully saturated rings. The highest BCUT2D eigenvalue weighted by Crippen LogP contribution is 2.36. The van der Waals surface area contributed by atoms with E-state index in [0.29, 0.717) is 39.1 Å². The van der Waals surface area contributed by atoms with E-state index in [4.69, 9.17) is 9.84 Å². The van der Waals surface area contributed by atoms with Crippen molar-refractivity contribution >= 4 is 39.2 Å². The summed E-state index contributed by atoms with van der Waals surface area (Å²) in [7, 11) is 0. The Balaban J connectivity index is 1.35. The Kier molecular flexibility index (Phi) is 5.80. The predicted molar refractivity (Wildman–Crippen MR) is 128 cm³/mol. The Morgan fingerprint density at radius 1 is 1.18 bits per heavy atom. The van der Waals surface area contributed by atoms with Crippen LogP contribution in [0.1, 0.15) is 13.3 Å². The minimum absolute atomic E-state index is 0.0802. The number of hydrogen-bond donors (Lipinski definition) is 2. The SMILES string of the molecule is C[C@@H](Oc1cc(-c2ccc(N3CCN(C(=O)O)CC3)cc2)cc2ncsc12)C1CNC(=O)C1. The van der Waals surface area contributed by atoms with Gasteiger partial charge in [0, 0.05) is 50.7 Å². The second-order valence-electron chi connectivity index (χ2n) is 8.57. The summed E-state index contributed by atoms with van der Waals surface area (Å²) in [4.78, 5) is 30.9. The molecule has 0 radical (unpaired) electrons. The average molecular weight is 467 g/mol. The summed E-state index contributed by atoms with van der Waals surface area (Å²) in [6.45, 7) is 5.06. The van der Waals surface area contributed by atoms with Gasteiger partial charge >= 0.3 is 6.09 Å². The van der Waals surface area contributed by atoms with Gasteiger partial charge in [-0.25, -0.2) is 9.78 Å². The number of fused-ring (bicyclic) bond motifs is 1. The van der Waals surface area contributed by atoms with Gasteiger partial charge < -0.3 is 25.0 Å². The van der Waals surface area contributed by atoms with E-state index in [0.717, 1.165) is 32.8 Å². The van der Waals surface area contributed by atoms with Gasteiger partial charge in [-0.3, -0.25) is 4.79 Å². The monoisotopic (exact) mass is 466 g/mol. The van der Waals surface area contributed by atoms with Crippen LogP contribution in [0.15, 0.2) is 41.9 Å². The second kappa shape index (κ2) is 8.90. The van der Waals surface area contributed by atoms with Gasteiger partial charge in [0.2, 0.25) is 5.91 Å². The number of hydrogen-bond acceptors (Lipinski definition) is 6. The lowest BCUT2D eigenvalue weighted by atomic mass is 10.0. The van der Waals surface area contributed by atoms with Gasteiger partial charge in [-0.15, -0.1) is 11.3 Å². The van der Waals surface area contributed by atoms with Crippen molar-refractivity contribution in [2.45, 2.75) is 19.4 Å². The van der Waals surface area contributed by atoms with E-state index in [1.807, 2.05) is 12.4 Å². The second-order valence-corrected chi connectivity index (χ2v) is 9.42. The number of benzene rings is 2. The van der Waals surface area contributed by atoms with Gasteiger partial charge in [-0.2, -0.15) is 0 Å². The normalized spacial score (nSPS) is 19.5. The molecular weight excluding hydrogens is 440 g/mol. The number of ether oxygens (including phenoxy) is 1. The topological polar surface area (TPSA) is 95.0 Å². The standard InChI is InChI=1S/C24H26N4O4S/c1-15(18-12-22(29)25-13-18)32-21-11-17(10-20-23(21)33-14-26-20)16-2-4-19(5-3-16)27-6-8-28(9-7-27)24(30)31/h2-5,10-11,14-15,18H,6-9,12-13H2,1H3,(H,25,29)(H,30,31)/t15-,18?/m1/s1. The molecule has 9 heteroatoms. The molecule has 2 amide bonds. The fraction of sp³-hybridized carbons (Fsp3) is 0.375. The molecule has 2 saturated heterocycles. The molecule has 0 spiro atoms. The third-order valence-corrected chi connectivity index (χ3v) is 7.36. The number of nitrogens with one attached hydrogen (secondary N) is 1. The Labute approximate surface area is 195 Å². The molecule has 2 aliphatic rings. The molecule has 2 N–H and O–H groups in total. The molecule has 33 heavy (non-hydrogen) atoms. The van der Waals surface area contributed by atoms with Crippen molar-refractivity contribution in [2.24, 2.45) is 5.92 Å². The molecule has 3 heterocycles. The summed E-state index contributed by atoms with van der Waals surface area (Å²) in [5.41, 5.74) is 5.90. The van der Waals surface area contributed by atoms with Crippen molar-refractivity contribution in [1.29, 1.82) is 0 Å². The van der Waals surface area contributed by atoms with Crippen LogP contribution in [0, 0.1) is 5.92 Å². The molecule has 172 valence electrons. The molecule has 0 bridgehead atoms. The average Bonchev–Trinajstić information content (AvgIpc) is 3.48. The van der Waals surface area contributed by atoms with Crippen LogP contribution in [-0.2, 0) is 4.79 Å². The van der Waals surface area contributed by atoms with Crippen molar-refractivity contribution in [2.75, 3.05) is 37.6 Å². The van der Waals surface area contributed by atoms with Crippen LogP contribution in [0.3, 0.4) is 0 Å². The number of nitrogens with zero attached hydrogens (tertiary/aromatic N) is 3. The van der Waals surface area contributed by atoms with Crippen LogP contribution in [0.4, 0.5) is 10.5 Å². The maximum Gasteiger partial charge on any atom is 0.407 e. The Morgan fingerprint density at radius 3 is 2.61 bits per heavy atom. The molecule has 1 unspecified atom stereocenters. The number of rotatable bonds is 5. The first-order valence-electron chi connectivity index (χ1n) is 11.1. The Bertz CT molecular complexity index is 1170. The van der Waals surface area contributed by atoms with E-state index in [2.05, 4.69) is 51.6 Å². The molecule has 3 aromatic rings. The maximum absolute atomic E-state index is 11.6. The summed E-state index contributed by atoms with van der Waals surface area (Å²) >= 11 is 1.56. The highest BCUT2D eigenvalue weighted by molar-refractivity contribution is 7.17. The van der Waals surface area contributed by atoms with Crippen LogP contribution in [0.2, 0.25) is 0 Å². The first-order chi connectivity index (χ1) is 16.0. The van der Waals surface area contributed by atoms with Crippen molar-refractivity contribution in [1.82, 2.24) is 15.2 Å². The fourth-order valence-electron chi connectivity index (χ4n) is 4.47. The summed E-state index contributed by atoms with van der Waals surface area (Å²) in [6, 6.07) is 12.5. The quantitative estimate of drug-likeness (QED) is 0.596. The van der Waals surface area contributed by atoms with E-state index >= 15 is 0 Å². The zero-order valence-electron chi connectivity index (χ0n) is 18.4. The van der Waals surface area contributed by atoms with Crippen molar-refractivity contribution in [3.63, 3.8) is 0 Å². The highest BCUT2D eigenvalue weighted by Gasteiger charge is 2.28. The number of carbonyl (C=O) groups excluding carboxylic acids is 1. The number of thiazole rings is 1. The summed E-state index contributed by atoms with van der Waals surface area (Å²) in [5, 5.41) is 12.0. The fourth-order valence-corrected chi connectivity index (χ4v) is 5.20. The number of carbonyl (C=O) groups is 2. The van der Waals surface area contributed by atoms with E-state index < -0.39 is 6.09 Å². The molecule has 2 aromatic carbocycles. The first-order valence-corrected chi connectivity index (χ1v) is 12.0. The van der Waals surface area contributed by atoms with Gasteiger partial charge in [-0.1, -0.05) is 12.1 Å². The zero-order valence-corrected chi connectivity index (χ0v) is 19.2. The third-order valence-electron chi connectivity index (χ3n) is 6.50. The van der Waals surface area contributed by atoms with E-state index in [1.54, 1.807) is 11.3 Å². The molecule has 0 aliphatic carbocycles. The molecule has 5 rings (SSSR count). The lowest BCUT2D eigenvalue weighted by molar-refractivity contribution is -0.119. The summed E-state index contributed by atoms with van der Waals surface area (Å²) < 4.78 is 7.36. The van der Waals surface area contributed by atoms with E-state index in [9.17, 15) is 9.59 Å². The highest BCUT2D eigenvalue weighted by atomic mass is 32.1. The van der Waals surface area contributed by atoms with Gasteiger partial charge in [0.05, 0.1) is 15.7 Å². The van der Waals surface area contributed by atoms with Crippen LogP contribution in [0.25, 0.3) is 21.3 Å². The van der Waals surface area contributed by atoms with Crippen molar-refractivity contribution in [3.05, 3.63) is 41.9 Å². The molecule has 1 aromatic heterocycles. The van der Waals surface area contributed by atoms with Crippen molar-refractivity contribution in [3.8, 4) is 16.9 Å². The minimum Gasteiger partial charge on any atom is -0.489 e. The Hall–Kier alpha value is -3.33. The number of amides is 2. The summed E-state index contributed by atoms with van der Waals surface area (Å²) in [5.74, 6) is 1.03. The van der Waals surface area contributed by atoms with Crippen LogP contribution < -0.4 is 15.0 Å². The number of carboxylic acid groups (broad SMARTS) is 1. The summed E-state index contributed by atoms with van der Waals surface area (Å²) in [6.07, 6.45) is -0.448. The van der Waals surface area contributed by atoms with Crippen LogP contribution in [0.5, 0.6) is 5.75 Å². The lowest BCUT2D eigenvalue weighted by Gasteiger charge is -2.34. The molecule has 2 aliphatic heterocycles. The number of piperazine rings is 1. The van der Waals surface area contributed by atoms with Gasteiger partial charge in [-0.05, 0) is 42.3 Å². The maximum atomic E-state index is 11.6. The predicted octanol–water partition coefficient (Wildman–Crippen LogP) is 3.67. The smallest absolute Gasteiger partial charge is 0.407 e. The molecule has 2 atom stereocenters. The molecular formula is C24H26N4O4S. The molecule has 8 nitrogen and oxygen atoms in total. The zero-order chi connectivity index (χ0) is 22.9. The first kappa shape index (κ1) is 21.5. The molecule has 0 saturated carbocycles. The Morgan fingerprint density at radius 2 is 1.94 bits per heavy atom. The van der Waals surface area contributed by atoms with E-state index in [-0.39, 0.29) is 17.9 Å². The van der Waals surface area contributed by atoms with Gasteiger partial charge in [0.1, 0.15) is 11.9 Å². The number of aromatic nitrogens is 1. The largest absolute Gasteiger partial charge is 0.489 e. The van der Waals surface area contributed by atoms with E-state index in [1.165, 1.54) is 4.90 Å². The van der Waals surface area contributed by atoms with Gasteiger partial charge in [0.25, 0.3) is 0 Å². The number of anilines is 1. The third kappa shape index (κ3) is 4.45. The minimum atomic E-state index is -0.856. The van der Waals surface area contributed by atoms with Crippen molar-refractivity contribution < 1.29 is 19.4 Å². The van der Waals surface area contributed by atoms with Crippen LogP contribution >= 0.6 is 11.3 Å². The lowest BCUT2D eigenvalue weighted by Crippen LogP contribution is -2.48. The van der Waals surface area contributed by atoms with Gasteiger partial charge in [0.15, 0.2) is 0 Å².